The Morgan fingerprint density at radius 2 is 1.96 bits per heavy atom. The Kier molecular flexibility index (Phi) is 7.26. The first-order valence-corrected chi connectivity index (χ1v) is 13.2. The molecule has 0 saturated carbocycles. The van der Waals surface area contributed by atoms with Gasteiger partial charge in [-0.2, -0.15) is 5.10 Å². The summed E-state index contributed by atoms with van der Waals surface area (Å²) in [6, 6.07) is 7.87. The molecule has 0 amide bonds. The number of hydrogen-bond acceptors (Lipinski definition) is 4. The molecular formula is C20H35N3O2Si. The molecule has 0 fully saturated rings. The van der Waals surface area contributed by atoms with Crippen molar-refractivity contribution in [2.45, 2.75) is 58.7 Å². The molecule has 1 aromatic carbocycles. The third-order valence-corrected chi connectivity index (χ3v) is 6.53. The van der Waals surface area contributed by atoms with Gasteiger partial charge in [0, 0.05) is 39.1 Å². The molecule has 0 saturated heterocycles. The average Bonchev–Trinajstić information content (AvgIpc) is 2.92. The Labute approximate surface area is 159 Å². The largest absolute Gasteiger partial charge is 0.497 e. The first-order valence-electron chi connectivity index (χ1n) is 9.52. The second-order valence-corrected chi connectivity index (χ2v) is 14.1. The fourth-order valence-electron chi connectivity index (χ4n) is 2.70. The minimum atomic E-state index is -1.07. The highest BCUT2D eigenvalue weighted by Gasteiger charge is 2.15. The lowest BCUT2D eigenvalue weighted by Gasteiger charge is -2.20. The molecule has 1 aromatic heterocycles. The Bertz CT molecular complexity index is 707. The standard InChI is InChI=1S/C20H35N3O2Si/c1-16(2)22(3)11-10-19-18-14-17(24-4)8-9-20(18)23(21-19)15-25-12-13-26(5,6)7/h8-9,14,16H,10-13,15H2,1-7H3. The second kappa shape index (κ2) is 9.02. The van der Waals surface area contributed by atoms with Crippen LogP contribution in [-0.2, 0) is 17.9 Å². The van der Waals surface area contributed by atoms with Gasteiger partial charge in [0.1, 0.15) is 12.5 Å². The maximum atomic E-state index is 5.93. The SMILES string of the molecule is COc1ccc2c(c1)c(CCN(C)C(C)C)nn2COCC[Si](C)(C)C. The van der Waals surface area contributed by atoms with Crippen molar-refractivity contribution in [3.8, 4) is 5.75 Å². The minimum absolute atomic E-state index is 0.507. The van der Waals surface area contributed by atoms with Crippen LogP contribution in [0.1, 0.15) is 19.5 Å². The summed E-state index contributed by atoms with van der Waals surface area (Å²) < 4.78 is 13.3. The molecule has 26 heavy (non-hydrogen) atoms. The first kappa shape index (κ1) is 20.9. The number of aromatic nitrogens is 2. The average molecular weight is 378 g/mol. The van der Waals surface area contributed by atoms with Crippen LogP contribution in [0.5, 0.6) is 5.75 Å². The number of methoxy groups -OCH3 is 1. The van der Waals surface area contributed by atoms with Crippen LogP contribution in [0.3, 0.4) is 0 Å². The molecule has 5 nitrogen and oxygen atoms in total. The van der Waals surface area contributed by atoms with Crippen LogP contribution < -0.4 is 4.74 Å². The molecule has 0 aliphatic carbocycles. The summed E-state index contributed by atoms with van der Waals surface area (Å²) in [5.74, 6) is 0.871. The molecule has 0 aliphatic heterocycles. The van der Waals surface area contributed by atoms with Crippen molar-refractivity contribution in [2.24, 2.45) is 0 Å². The van der Waals surface area contributed by atoms with E-state index < -0.39 is 8.07 Å². The van der Waals surface area contributed by atoms with Gasteiger partial charge in [0.2, 0.25) is 0 Å². The van der Waals surface area contributed by atoms with Gasteiger partial charge in [0.05, 0.1) is 18.3 Å². The summed E-state index contributed by atoms with van der Waals surface area (Å²) in [6.45, 7) is 13.8. The van der Waals surface area contributed by atoms with Crippen molar-refractivity contribution in [3.05, 3.63) is 23.9 Å². The summed E-state index contributed by atoms with van der Waals surface area (Å²) in [5.41, 5.74) is 2.22. The van der Waals surface area contributed by atoms with Crippen molar-refractivity contribution >= 4 is 19.0 Å². The predicted molar refractivity (Wildman–Crippen MR) is 112 cm³/mol. The van der Waals surface area contributed by atoms with Crippen LogP contribution >= 0.6 is 0 Å². The van der Waals surface area contributed by atoms with Gasteiger partial charge < -0.3 is 14.4 Å². The van der Waals surface area contributed by atoms with Gasteiger partial charge >= 0.3 is 0 Å². The van der Waals surface area contributed by atoms with Crippen LogP contribution in [0.2, 0.25) is 25.7 Å². The number of benzene rings is 1. The number of likely N-dealkylation sites (N-methyl/N-ethyl adjacent to an activating group) is 1. The molecule has 0 atom stereocenters. The molecule has 2 rings (SSSR count). The van der Waals surface area contributed by atoms with E-state index in [0.29, 0.717) is 12.8 Å². The molecule has 6 heteroatoms. The number of fused-ring (bicyclic) bond motifs is 1. The Balaban J connectivity index is 2.16. The minimum Gasteiger partial charge on any atom is -0.497 e. The maximum absolute atomic E-state index is 5.93. The van der Waals surface area contributed by atoms with E-state index in [4.69, 9.17) is 14.6 Å². The van der Waals surface area contributed by atoms with Gasteiger partial charge in [-0.3, -0.25) is 0 Å². The zero-order valence-electron chi connectivity index (χ0n) is 17.5. The molecule has 146 valence electrons. The summed E-state index contributed by atoms with van der Waals surface area (Å²) in [7, 11) is 2.79. The van der Waals surface area contributed by atoms with Crippen LogP contribution in [0.4, 0.5) is 0 Å². The Hall–Kier alpha value is -1.37. The van der Waals surface area contributed by atoms with E-state index in [1.165, 1.54) is 6.04 Å². The summed E-state index contributed by atoms with van der Waals surface area (Å²) >= 11 is 0. The van der Waals surface area contributed by atoms with E-state index in [0.717, 1.165) is 41.9 Å². The highest BCUT2D eigenvalue weighted by Crippen LogP contribution is 2.25. The van der Waals surface area contributed by atoms with Crippen LogP contribution in [-0.4, -0.2) is 56.1 Å². The highest BCUT2D eigenvalue weighted by atomic mass is 28.3. The monoisotopic (exact) mass is 377 g/mol. The summed E-state index contributed by atoms with van der Waals surface area (Å²) in [4.78, 5) is 2.34. The van der Waals surface area contributed by atoms with Crippen molar-refractivity contribution in [1.29, 1.82) is 0 Å². The first-order chi connectivity index (χ1) is 12.2. The smallest absolute Gasteiger partial charge is 0.140 e. The van der Waals surface area contributed by atoms with Gasteiger partial charge in [-0.05, 0) is 45.1 Å². The topological polar surface area (TPSA) is 39.5 Å². The lowest BCUT2D eigenvalue weighted by molar-refractivity contribution is 0.0813. The third kappa shape index (κ3) is 5.82. The quantitative estimate of drug-likeness (QED) is 0.459. The lowest BCUT2D eigenvalue weighted by atomic mass is 10.1. The van der Waals surface area contributed by atoms with Gasteiger partial charge in [-0.15, -0.1) is 0 Å². The lowest BCUT2D eigenvalue weighted by Crippen LogP contribution is -2.28. The fraction of sp³-hybridized carbons (Fsp3) is 0.650. The van der Waals surface area contributed by atoms with Crippen LogP contribution in [0.15, 0.2) is 18.2 Å². The molecule has 0 radical (unpaired) electrons. The molecule has 0 unspecified atom stereocenters. The molecular weight excluding hydrogens is 342 g/mol. The zero-order chi connectivity index (χ0) is 19.3. The van der Waals surface area contributed by atoms with E-state index in [2.05, 4.69) is 57.6 Å². The van der Waals surface area contributed by atoms with E-state index in [1.807, 2.05) is 10.7 Å². The second-order valence-electron chi connectivity index (χ2n) is 8.50. The van der Waals surface area contributed by atoms with Crippen molar-refractivity contribution in [2.75, 3.05) is 27.3 Å². The van der Waals surface area contributed by atoms with Crippen molar-refractivity contribution in [3.63, 3.8) is 0 Å². The Morgan fingerprint density at radius 1 is 1.23 bits per heavy atom. The van der Waals surface area contributed by atoms with E-state index in [9.17, 15) is 0 Å². The molecule has 2 aromatic rings. The molecule has 0 aliphatic rings. The van der Waals surface area contributed by atoms with E-state index >= 15 is 0 Å². The van der Waals surface area contributed by atoms with Gasteiger partial charge in [0.15, 0.2) is 0 Å². The van der Waals surface area contributed by atoms with E-state index in [1.54, 1.807) is 7.11 Å². The van der Waals surface area contributed by atoms with Crippen molar-refractivity contribution < 1.29 is 9.47 Å². The number of nitrogens with zero attached hydrogens (tertiary/aromatic N) is 3. The highest BCUT2D eigenvalue weighted by molar-refractivity contribution is 6.76. The molecule has 1 heterocycles. The zero-order valence-corrected chi connectivity index (χ0v) is 18.5. The fourth-order valence-corrected chi connectivity index (χ4v) is 3.46. The van der Waals surface area contributed by atoms with Crippen molar-refractivity contribution in [1.82, 2.24) is 14.7 Å². The molecule has 0 bridgehead atoms. The predicted octanol–water partition coefficient (Wildman–Crippen LogP) is 4.24. The number of hydrogen-bond donors (Lipinski definition) is 0. The summed E-state index contributed by atoms with van der Waals surface area (Å²) in [6.07, 6.45) is 0.917. The van der Waals surface area contributed by atoms with Crippen LogP contribution in [0, 0.1) is 0 Å². The molecule has 0 N–H and O–H groups in total. The van der Waals surface area contributed by atoms with Gasteiger partial charge in [-0.25, -0.2) is 4.68 Å². The number of ether oxygens (including phenoxy) is 2. The summed E-state index contributed by atoms with van der Waals surface area (Å²) in [5, 5.41) is 6.01. The van der Waals surface area contributed by atoms with E-state index in [-0.39, 0.29) is 0 Å². The third-order valence-electron chi connectivity index (χ3n) is 4.83. The van der Waals surface area contributed by atoms with Crippen LogP contribution in [0.25, 0.3) is 10.9 Å². The van der Waals surface area contributed by atoms with Gasteiger partial charge in [-0.1, -0.05) is 19.6 Å². The Morgan fingerprint density at radius 3 is 2.58 bits per heavy atom. The number of rotatable bonds is 10. The molecule has 0 spiro atoms. The normalized spacial score (nSPS) is 12.5. The van der Waals surface area contributed by atoms with Gasteiger partial charge in [0.25, 0.3) is 0 Å². The maximum Gasteiger partial charge on any atom is 0.140 e.